The van der Waals surface area contributed by atoms with Gasteiger partial charge in [-0.15, -0.1) is 24.9 Å². The Kier molecular flexibility index (Phi) is 25.2. The predicted octanol–water partition coefficient (Wildman–Crippen LogP) is 7.20. The molecule has 0 bridgehead atoms. The van der Waals surface area contributed by atoms with E-state index in [2.05, 4.69) is 64.8 Å². The summed E-state index contributed by atoms with van der Waals surface area (Å²) in [5, 5.41) is 0. The van der Waals surface area contributed by atoms with Gasteiger partial charge in [-0.25, -0.2) is 0 Å². The highest BCUT2D eigenvalue weighted by molar-refractivity contribution is 7.99. The van der Waals surface area contributed by atoms with E-state index in [-0.39, 0.29) is 5.41 Å². The molecule has 1 aliphatic rings. The lowest BCUT2D eigenvalue weighted by Gasteiger charge is -2.33. The van der Waals surface area contributed by atoms with E-state index in [0.29, 0.717) is 0 Å². The van der Waals surface area contributed by atoms with E-state index in [0.717, 1.165) is 31.8 Å². The van der Waals surface area contributed by atoms with Gasteiger partial charge in [0.2, 0.25) is 0 Å². The van der Waals surface area contributed by atoms with Crippen molar-refractivity contribution in [1.82, 2.24) is 0 Å². The van der Waals surface area contributed by atoms with Crippen LogP contribution in [0.3, 0.4) is 0 Å². The molecule has 0 unspecified atom stereocenters. The second kappa shape index (κ2) is 22.8. The minimum absolute atomic E-state index is 0.137. The molecule has 1 aliphatic heterocycles. The molecule has 2 N–H and O–H groups in total. The molecule has 0 spiro atoms. The summed E-state index contributed by atoms with van der Waals surface area (Å²) in [5.41, 5.74) is 7.94. The molecule has 29 heavy (non-hydrogen) atoms. The lowest BCUT2D eigenvalue weighted by molar-refractivity contribution is -0.0979. The third-order valence-corrected chi connectivity index (χ3v) is 5.51. The predicted molar refractivity (Wildman–Crippen MR) is 133 cm³/mol. The highest BCUT2D eigenvalue weighted by Crippen LogP contribution is 2.33. The summed E-state index contributed by atoms with van der Waals surface area (Å²) < 4.78 is 5.22. The van der Waals surface area contributed by atoms with Crippen molar-refractivity contribution < 1.29 is 9.53 Å². The summed E-state index contributed by atoms with van der Waals surface area (Å²) in [5.74, 6) is 1.26. The standard InChI is InChI=1S/C12H18S.C8H15NO.C2H6.C2H4.CH2O/c1-3-4-5-10-13-12-8-6-11(2)7-9-12;1-7(9)8(2)3-5-10-6-4-8;3*1-2/h6-9H,3-5,10H2,1-2H3;1,3-6,9H2,2H3;1-2H3;1-2H2;1H2. The summed E-state index contributed by atoms with van der Waals surface area (Å²) in [6, 6.07) is 8.79. The molecule has 1 fully saturated rings. The molecule has 1 aromatic rings. The summed E-state index contributed by atoms with van der Waals surface area (Å²) in [4.78, 5) is 9.40. The Morgan fingerprint density at radius 3 is 1.97 bits per heavy atom. The molecule has 3 nitrogen and oxygen atoms in total. The molecule has 4 heteroatoms. The molecular weight excluding hydrogens is 378 g/mol. The molecule has 168 valence electrons. The number of rotatable bonds is 6. The van der Waals surface area contributed by atoms with Gasteiger partial charge in [-0.2, -0.15) is 0 Å². The number of unbranched alkanes of at least 4 members (excludes halogenated alkanes) is 2. The van der Waals surface area contributed by atoms with Crippen molar-refractivity contribution in [3.05, 3.63) is 55.3 Å². The molecule has 0 amide bonds. The number of hydrogen-bond acceptors (Lipinski definition) is 4. The summed E-state index contributed by atoms with van der Waals surface area (Å²) in [6.07, 6.45) is 6.05. The van der Waals surface area contributed by atoms with E-state index in [1.165, 1.54) is 35.5 Å². The Hall–Kier alpha value is -1.52. The Balaban J connectivity index is -0.000000377. The maximum atomic E-state index is 8.00. The average Bonchev–Trinajstić information content (AvgIpc) is 2.78. The van der Waals surface area contributed by atoms with Crippen LogP contribution < -0.4 is 5.73 Å². The van der Waals surface area contributed by atoms with Gasteiger partial charge in [0.1, 0.15) is 6.79 Å². The van der Waals surface area contributed by atoms with Crippen molar-refractivity contribution >= 4 is 18.6 Å². The Labute approximate surface area is 185 Å². The lowest BCUT2D eigenvalue weighted by Crippen LogP contribution is -2.31. The first-order valence-corrected chi connectivity index (χ1v) is 11.5. The van der Waals surface area contributed by atoms with Crippen LogP contribution in [0.4, 0.5) is 0 Å². The average molecular weight is 424 g/mol. The minimum Gasteiger partial charge on any atom is -0.402 e. The van der Waals surface area contributed by atoms with Crippen LogP contribution in [-0.4, -0.2) is 25.8 Å². The van der Waals surface area contributed by atoms with Crippen molar-refractivity contribution in [2.75, 3.05) is 19.0 Å². The summed E-state index contributed by atoms with van der Waals surface area (Å²) in [6.45, 7) is 24.0. The van der Waals surface area contributed by atoms with Crippen molar-refractivity contribution in [2.45, 2.75) is 71.6 Å². The first-order chi connectivity index (χ1) is 14.0. The van der Waals surface area contributed by atoms with Crippen LogP contribution in [0.25, 0.3) is 0 Å². The minimum atomic E-state index is 0.137. The van der Waals surface area contributed by atoms with E-state index in [9.17, 15) is 0 Å². The van der Waals surface area contributed by atoms with Gasteiger partial charge in [0.15, 0.2) is 0 Å². The van der Waals surface area contributed by atoms with E-state index < -0.39 is 0 Å². The molecule has 1 aromatic carbocycles. The first kappa shape index (κ1) is 32.2. The number of aryl methyl sites for hydroxylation is 1. The topological polar surface area (TPSA) is 52.3 Å². The molecule has 0 atom stereocenters. The number of carbonyl (C=O) groups excluding carboxylic acids is 1. The van der Waals surface area contributed by atoms with Crippen molar-refractivity contribution in [3.63, 3.8) is 0 Å². The number of nitrogens with two attached hydrogens (primary N) is 1. The van der Waals surface area contributed by atoms with Crippen LogP contribution in [0.5, 0.6) is 0 Å². The fraction of sp³-hybridized carbons (Fsp3) is 0.560. The van der Waals surface area contributed by atoms with Crippen molar-refractivity contribution in [3.8, 4) is 0 Å². The van der Waals surface area contributed by atoms with E-state index in [1.807, 2.05) is 32.4 Å². The second-order valence-electron chi connectivity index (χ2n) is 6.57. The molecule has 1 saturated heterocycles. The van der Waals surface area contributed by atoms with Gasteiger partial charge in [0.05, 0.1) is 0 Å². The Bertz CT molecular complexity index is 480. The molecular formula is C25H45NO2S. The van der Waals surface area contributed by atoms with Gasteiger partial charge in [-0.3, -0.25) is 0 Å². The monoisotopic (exact) mass is 423 g/mol. The van der Waals surface area contributed by atoms with Crippen LogP contribution in [-0.2, 0) is 9.53 Å². The van der Waals surface area contributed by atoms with E-state index in [1.54, 1.807) is 0 Å². The molecule has 0 saturated carbocycles. The zero-order chi connectivity index (χ0) is 23.1. The van der Waals surface area contributed by atoms with Crippen molar-refractivity contribution in [2.24, 2.45) is 11.1 Å². The third-order valence-electron chi connectivity index (χ3n) is 4.41. The van der Waals surface area contributed by atoms with Gasteiger partial charge in [0.25, 0.3) is 0 Å². The maximum Gasteiger partial charge on any atom is 0.106 e. The van der Waals surface area contributed by atoms with Gasteiger partial charge in [-0.05, 0) is 44.1 Å². The van der Waals surface area contributed by atoms with Crippen LogP contribution >= 0.6 is 11.8 Å². The van der Waals surface area contributed by atoms with Gasteiger partial charge < -0.3 is 15.3 Å². The van der Waals surface area contributed by atoms with Crippen molar-refractivity contribution in [1.29, 1.82) is 0 Å². The first-order valence-electron chi connectivity index (χ1n) is 10.5. The number of benzene rings is 1. The van der Waals surface area contributed by atoms with Crippen LogP contribution in [0.15, 0.2) is 54.6 Å². The second-order valence-corrected chi connectivity index (χ2v) is 7.74. The highest BCUT2D eigenvalue weighted by atomic mass is 32.2. The molecule has 0 radical (unpaired) electrons. The molecule has 0 aliphatic carbocycles. The number of ether oxygens (including phenoxy) is 1. The summed E-state index contributed by atoms with van der Waals surface area (Å²) >= 11 is 1.97. The molecule has 2 rings (SSSR count). The van der Waals surface area contributed by atoms with E-state index in [4.69, 9.17) is 15.3 Å². The Morgan fingerprint density at radius 2 is 1.59 bits per heavy atom. The lowest BCUT2D eigenvalue weighted by atomic mass is 9.80. The zero-order valence-electron chi connectivity index (χ0n) is 19.6. The number of thioether (sulfide) groups is 1. The van der Waals surface area contributed by atoms with Crippen LogP contribution in [0, 0.1) is 12.3 Å². The van der Waals surface area contributed by atoms with Crippen LogP contribution in [0.1, 0.15) is 65.4 Å². The molecule has 1 heterocycles. The van der Waals surface area contributed by atoms with Gasteiger partial charge >= 0.3 is 0 Å². The number of allylic oxidation sites excluding steroid dienone is 1. The van der Waals surface area contributed by atoms with Crippen LogP contribution in [0.2, 0.25) is 0 Å². The Morgan fingerprint density at radius 1 is 1.10 bits per heavy atom. The van der Waals surface area contributed by atoms with Gasteiger partial charge in [0, 0.05) is 29.2 Å². The van der Waals surface area contributed by atoms with Gasteiger partial charge in [-0.1, -0.05) is 64.8 Å². The molecule has 0 aromatic heterocycles. The maximum absolute atomic E-state index is 8.00. The third kappa shape index (κ3) is 17.1. The SMILES string of the molecule is C=C.C=C(N)C1(C)CCOCC1.C=O.CC.CCCCCSc1ccc(C)cc1. The zero-order valence-corrected chi connectivity index (χ0v) is 20.4. The number of carbonyl (C=O) groups is 1. The summed E-state index contributed by atoms with van der Waals surface area (Å²) in [7, 11) is 0. The number of hydrogen-bond donors (Lipinski definition) is 1. The fourth-order valence-electron chi connectivity index (χ4n) is 2.32. The smallest absolute Gasteiger partial charge is 0.106 e. The quantitative estimate of drug-likeness (QED) is 0.299. The normalized spacial score (nSPS) is 13.4. The fourth-order valence-corrected chi connectivity index (χ4v) is 3.23. The largest absolute Gasteiger partial charge is 0.402 e. The highest BCUT2D eigenvalue weighted by Gasteiger charge is 2.28. The van der Waals surface area contributed by atoms with E-state index >= 15 is 0 Å².